The van der Waals surface area contributed by atoms with E-state index in [2.05, 4.69) is 20.4 Å². The van der Waals surface area contributed by atoms with Crippen molar-refractivity contribution < 1.29 is 27.0 Å². The minimum Gasteiger partial charge on any atom is -0.494 e. The number of nitro benzene ring substituents is 1. The molecule has 5 rings (SSSR count). The number of hydrogen-bond donors (Lipinski definition) is 1. The average Bonchev–Trinajstić information content (AvgIpc) is 3.41. The van der Waals surface area contributed by atoms with E-state index in [9.17, 15) is 18.5 Å². The van der Waals surface area contributed by atoms with E-state index in [-0.39, 0.29) is 18.2 Å². The van der Waals surface area contributed by atoms with Crippen molar-refractivity contribution in [3.05, 3.63) is 76.6 Å². The molecule has 0 saturated carbocycles. The summed E-state index contributed by atoms with van der Waals surface area (Å²) in [5.74, 6) is 0.875. The fraction of sp³-hybridized carbons (Fsp3) is 0.269. The summed E-state index contributed by atoms with van der Waals surface area (Å²) in [7, 11) is -2.21. The number of nitrogens with zero attached hydrogens (tertiary/aromatic N) is 6. The van der Waals surface area contributed by atoms with Crippen LogP contribution in [0, 0.1) is 10.1 Å². The number of anilines is 3. The van der Waals surface area contributed by atoms with Gasteiger partial charge in [-0.3, -0.25) is 14.3 Å². The molecule has 4 aromatic rings. The predicted molar refractivity (Wildman–Crippen MR) is 150 cm³/mol. The van der Waals surface area contributed by atoms with Gasteiger partial charge in [-0.15, -0.1) is 0 Å². The second-order valence-electron chi connectivity index (χ2n) is 9.04. The molecule has 2 aromatic carbocycles. The Balaban J connectivity index is 1.48. The number of benzene rings is 2. The van der Waals surface area contributed by atoms with E-state index in [0.717, 1.165) is 11.8 Å². The highest BCUT2D eigenvalue weighted by Crippen LogP contribution is 2.39. The van der Waals surface area contributed by atoms with Crippen molar-refractivity contribution in [3.63, 3.8) is 0 Å². The van der Waals surface area contributed by atoms with E-state index in [1.54, 1.807) is 18.3 Å². The molecule has 0 aliphatic carbocycles. The van der Waals surface area contributed by atoms with E-state index in [1.807, 2.05) is 35.2 Å². The van der Waals surface area contributed by atoms with Crippen LogP contribution >= 0.6 is 0 Å². The minimum atomic E-state index is -3.69. The molecule has 3 heterocycles. The van der Waals surface area contributed by atoms with Gasteiger partial charge in [0.2, 0.25) is 5.95 Å². The first kappa shape index (κ1) is 27.9. The molecule has 41 heavy (non-hydrogen) atoms. The number of hydrogen-bond acceptors (Lipinski definition) is 12. The van der Waals surface area contributed by atoms with Gasteiger partial charge in [0, 0.05) is 54.8 Å². The Hall–Kier alpha value is -4.60. The quantitative estimate of drug-likeness (QED) is 0.165. The molecule has 0 unspecified atom stereocenters. The van der Waals surface area contributed by atoms with Gasteiger partial charge >= 0.3 is 0 Å². The summed E-state index contributed by atoms with van der Waals surface area (Å²) in [5.41, 5.74) is 2.47. The Kier molecular flexibility index (Phi) is 8.09. The summed E-state index contributed by atoms with van der Waals surface area (Å²) < 4.78 is 40.7. The Morgan fingerprint density at radius 3 is 2.59 bits per heavy atom. The van der Waals surface area contributed by atoms with Crippen LogP contribution in [0.15, 0.2) is 60.9 Å². The van der Waals surface area contributed by atoms with Gasteiger partial charge in [0.05, 0.1) is 49.5 Å². The molecule has 1 aliphatic rings. The van der Waals surface area contributed by atoms with Crippen LogP contribution in [-0.4, -0.2) is 72.8 Å². The lowest BCUT2D eigenvalue weighted by Gasteiger charge is -2.29. The Labute approximate surface area is 235 Å². The van der Waals surface area contributed by atoms with Crippen molar-refractivity contribution in [2.24, 2.45) is 0 Å². The molecule has 1 fully saturated rings. The zero-order chi connectivity index (χ0) is 29.0. The third kappa shape index (κ3) is 6.59. The van der Waals surface area contributed by atoms with E-state index < -0.39 is 15.0 Å². The van der Waals surface area contributed by atoms with Crippen LogP contribution < -0.4 is 15.0 Å². The molecule has 15 heteroatoms. The van der Waals surface area contributed by atoms with Gasteiger partial charge in [0.15, 0.2) is 5.82 Å². The fourth-order valence-electron chi connectivity index (χ4n) is 4.33. The third-order valence-electron chi connectivity index (χ3n) is 6.23. The first-order chi connectivity index (χ1) is 19.7. The van der Waals surface area contributed by atoms with E-state index in [4.69, 9.17) is 13.7 Å². The minimum absolute atomic E-state index is 0.0959. The van der Waals surface area contributed by atoms with Crippen LogP contribution in [0.5, 0.6) is 5.75 Å². The van der Waals surface area contributed by atoms with Crippen LogP contribution in [-0.2, 0) is 25.6 Å². The van der Waals surface area contributed by atoms with Crippen LogP contribution in [0.4, 0.5) is 23.0 Å². The van der Waals surface area contributed by atoms with Gasteiger partial charge in [0.1, 0.15) is 11.4 Å². The van der Waals surface area contributed by atoms with Gasteiger partial charge in [-0.05, 0) is 0 Å². The normalized spacial score (nSPS) is 13.7. The molecular weight excluding hydrogens is 554 g/mol. The van der Waals surface area contributed by atoms with Gasteiger partial charge in [-0.1, -0.05) is 30.3 Å². The highest BCUT2D eigenvalue weighted by molar-refractivity contribution is 7.85. The molecule has 0 atom stereocenters. The number of methoxy groups -OCH3 is 1. The summed E-state index contributed by atoms with van der Waals surface area (Å²) in [6.07, 6.45) is 4.11. The van der Waals surface area contributed by atoms with Crippen molar-refractivity contribution in [1.29, 1.82) is 0 Å². The SMILES string of the molecule is COc1cc(N2CCOCC2)c([N+](=O)[O-])cc1Nc1nccc(-n2cc(COS(C)(=O)=O)c(-c3ccccc3)n2)n1. The molecule has 214 valence electrons. The maximum atomic E-state index is 12.0. The number of ether oxygens (including phenoxy) is 2. The smallest absolute Gasteiger partial charge is 0.294 e. The maximum absolute atomic E-state index is 12.0. The van der Waals surface area contributed by atoms with Crippen LogP contribution in [0.3, 0.4) is 0 Å². The lowest BCUT2D eigenvalue weighted by molar-refractivity contribution is -0.384. The van der Waals surface area contributed by atoms with Crippen LogP contribution in [0.1, 0.15) is 5.56 Å². The largest absolute Gasteiger partial charge is 0.494 e. The number of morpholine rings is 1. The number of rotatable bonds is 10. The second kappa shape index (κ2) is 11.9. The van der Waals surface area contributed by atoms with Crippen molar-refractivity contribution in [3.8, 4) is 22.8 Å². The highest BCUT2D eigenvalue weighted by Gasteiger charge is 2.25. The average molecular weight is 582 g/mol. The number of nitro groups is 1. The standard InChI is InChI=1S/C26H27N7O7S/c1-38-23-15-21(31-10-12-39-13-11-31)22(33(34)35)14-20(23)28-26-27-9-8-24(29-26)32-16-19(17-40-41(2,36)37)25(30-32)18-6-4-3-5-7-18/h3-9,14-16H,10-13,17H2,1-2H3,(H,27,28,29). The Morgan fingerprint density at radius 2 is 1.90 bits per heavy atom. The van der Waals surface area contributed by atoms with Gasteiger partial charge < -0.3 is 19.7 Å². The monoisotopic (exact) mass is 581 g/mol. The number of aromatic nitrogens is 4. The topological polar surface area (TPSA) is 164 Å². The molecule has 0 radical (unpaired) electrons. The van der Waals surface area contributed by atoms with Gasteiger partial charge in [-0.25, -0.2) is 9.67 Å². The molecular formula is C26H27N7O7S. The zero-order valence-corrected chi connectivity index (χ0v) is 23.1. The maximum Gasteiger partial charge on any atom is 0.294 e. The first-order valence-electron chi connectivity index (χ1n) is 12.5. The molecule has 0 bridgehead atoms. The highest BCUT2D eigenvalue weighted by atomic mass is 32.2. The van der Waals surface area contributed by atoms with Crippen LogP contribution in [0.25, 0.3) is 17.1 Å². The zero-order valence-electron chi connectivity index (χ0n) is 22.3. The van der Waals surface area contributed by atoms with Crippen molar-refractivity contribution in [1.82, 2.24) is 19.7 Å². The van der Waals surface area contributed by atoms with Gasteiger partial charge in [-0.2, -0.15) is 18.5 Å². The molecule has 2 aromatic heterocycles. The Morgan fingerprint density at radius 1 is 1.15 bits per heavy atom. The van der Waals surface area contributed by atoms with Gasteiger partial charge in [0.25, 0.3) is 15.8 Å². The molecule has 0 spiro atoms. The Bertz CT molecular complexity index is 1660. The molecule has 0 amide bonds. The summed E-state index contributed by atoms with van der Waals surface area (Å²) in [5, 5.41) is 19.6. The molecule has 1 saturated heterocycles. The third-order valence-corrected chi connectivity index (χ3v) is 6.78. The van der Waals surface area contributed by atoms with E-state index >= 15 is 0 Å². The first-order valence-corrected chi connectivity index (χ1v) is 14.3. The van der Waals surface area contributed by atoms with Crippen molar-refractivity contribution in [2.45, 2.75) is 6.61 Å². The van der Waals surface area contributed by atoms with Crippen LogP contribution in [0.2, 0.25) is 0 Å². The summed E-state index contributed by atoms with van der Waals surface area (Å²) >= 11 is 0. The predicted octanol–water partition coefficient (Wildman–Crippen LogP) is 3.30. The molecule has 14 nitrogen and oxygen atoms in total. The van der Waals surface area contributed by atoms with Crippen molar-refractivity contribution in [2.75, 3.05) is 49.9 Å². The second-order valence-corrected chi connectivity index (χ2v) is 10.7. The summed E-state index contributed by atoms with van der Waals surface area (Å²) in [6.45, 7) is 1.78. The van der Waals surface area contributed by atoms with E-state index in [0.29, 0.717) is 60.5 Å². The lowest BCUT2D eigenvalue weighted by Crippen LogP contribution is -2.36. The molecule has 1 aliphatic heterocycles. The van der Waals surface area contributed by atoms with E-state index in [1.165, 1.54) is 24.1 Å². The number of nitrogens with one attached hydrogen (secondary N) is 1. The lowest BCUT2D eigenvalue weighted by atomic mass is 10.1. The summed E-state index contributed by atoms with van der Waals surface area (Å²) in [6, 6.07) is 13.9. The summed E-state index contributed by atoms with van der Waals surface area (Å²) in [4.78, 5) is 22.2. The van der Waals surface area contributed by atoms with Crippen molar-refractivity contribution >= 4 is 33.1 Å². The molecule has 1 N–H and O–H groups in total. The fourth-order valence-corrected chi connectivity index (χ4v) is 4.67.